The quantitative estimate of drug-likeness (QED) is 0.358. The van der Waals surface area contributed by atoms with Gasteiger partial charge in [0, 0.05) is 18.0 Å². The summed E-state index contributed by atoms with van der Waals surface area (Å²) in [7, 11) is 1.68. The van der Waals surface area contributed by atoms with E-state index >= 15 is 0 Å². The van der Waals surface area contributed by atoms with Crippen molar-refractivity contribution in [2.75, 3.05) is 26.7 Å². The van der Waals surface area contributed by atoms with Crippen LogP contribution in [0.25, 0.3) is 0 Å². The van der Waals surface area contributed by atoms with Crippen LogP contribution in [-0.2, 0) is 12.0 Å². The lowest BCUT2D eigenvalue weighted by atomic mass is 10.1. The molecule has 6 heteroatoms. The number of hydrogen-bond acceptors (Lipinski definition) is 4. The van der Waals surface area contributed by atoms with Crippen LogP contribution in [0.5, 0.6) is 5.75 Å². The molecule has 26 heavy (non-hydrogen) atoms. The van der Waals surface area contributed by atoms with E-state index in [1.54, 1.807) is 25.4 Å². The van der Waals surface area contributed by atoms with E-state index in [4.69, 9.17) is 4.74 Å². The molecule has 2 rings (SSSR count). The van der Waals surface area contributed by atoms with Crippen molar-refractivity contribution in [1.82, 2.24) is 10.6 Å². The molecule has 2 aromatic rings. The van der Waals surface area contributed by atoms with Crippen LogP contribution in [0, 0.1) is 0 Å². The molecule has 1 heterocycles. The Morgan fingerprint density at radius 1 is 1.23 bits per heavy atom. The third-order valence-electron chi connectivity index (χ3n) is 4.04. The monoisotopic (exact) mass is 375 g/mol. The normalized spacial score (nSPS) is 13.9. The molecule has 0 spiro atoms. The molecule has 1 aromatic carbocycles. The molecule has 142 valence electrons. The number of methoxy groups -OCH3 is 1. The molecule has 0 amide bonds. The third-order valence-corrected chi connectivity index (χ3v) is 5.16. The van der Waals surface area contributed by atoms with Crippen LogP contribution < -0.4 is 15.4 Å². The Labute approximate surface area is 160 Å². The minimum absolute atomic E-state index is 0.321. The first-order chi connectivity index (χ1) is 12.5. The second-order valence-corrected chi connectivity index (χ2v) is 7.27. The number of rotatable bonds is 9. The largest absolute Gasteiger partial charge is 0.497 e. The minimum atomic E-state index is -0.945. The second kappa shape index (κ2) is 10.2. The van der Waals surface area contributed by atoms with Crippen molar-refractivity contribution in [3.63, 3.8) is 0 Å². The van der Waals surface area contributed by atoms with Crippen LogP contribution in [-0.4, -0.2) is 37.8 Å². The SMILES string of the molecule is CCNC(=NCC(C)(O)c1cccs1)NCCCc1ccc(OC)cc1. The molecule has 1 unspecified atom stereocenters. The second-order valence-electron chi connectivity index (χ2n) is 6.32. The van der Waals surface area contributed by atoms with Gasteiger partial charge in [-0.2, -0.15) is 0 Å². The van der Waals surface area contributed by atoms with E-state index in [0.717, 1.165) is 42.5 Å². The smallest absolute Gasteiger partial charge is 0.191 e. The topological polar surface area (TPSA) is 65.9 Å². The van der Waals surface area contributed by atoms with Crippen molar-refractivity contribution in [2.45, 2.75) is 32.3 Å². The molecule has 1 atom stereocenters. The van der Waals surface area contributed by atoms with E-state index in [0.29, 0.717) is 6.54 Å². The molecule has 3 N–H and O–H groups in total. The lowest BCUT2D eigenvalue weighted by Crippen LogP contribution is -2.39. The molecule has 0 saturated heterocycles. The van der Waals surface area contributed by atoms with Crippen molar-refractivity contribution in [3.8, 4) is 5.75 Å². The molecule has 0 aliphatic carbocycles. The third kappa shape index (κ3) is 6.35. The van der Waals surface area contributed by atoms with Crippen LogP contribution in [0.4, 0.5) is 0 Å². The summed E-state index contributed by atoms with van der Waals surface area (Å²) >= 11 is 1.55. The van der Waals surface area contributed by atoms with Crippen LogP contribution >= 0.6 is 11.3 Å². The summed E-state index contributed by atoms with van der Waals surface area (Å²) in [5.41, 5.74) is 0.342. The van der Waals surface area contributed by atoms with E-state index < -0.39 is 5.60 Å². The highest BCUT2D eigenvalue weighted by atomic mass is 32.1. The van der Waals surface area contributed by atoms with Gasteiger partial charge in [-0.1, -0.05) is 18.2 Å². The van der Waals surface area contributed by atoms with Crippen molar-refractivity contribution in [2.24, 2.45) is 4.99 Å². The van der Waals surface area contributed by atoms with Gasteiger partial charge in [-0.15, -0.1) is 11.3 Å². The van der Waals surface area contributed by atoms with Gasteiger partial charge in [0.05, 0.1) is 13.7 Å². The van der Waals surface area contributed by atoms with Crippen LogP contribution in [0.2, 0.25) is 0 Å². The number of nitrogens with one attached hydrogen (secondary N) is 2. The molecule has 1 aromatic heterocycles. The summed E-state index contributed by atoms with van der Waals surface area (Å²) in [6.45, 7) is 5.76. The average molecular weight is 376 g/mol. The zero-order valence-corrected chi connectivity index (χ0v) is 16.6. The zero-order chi connectivity index (χ0) is 18.8. The lowest BCUT2D eigenvalue weighted by Gasteiger charge is -2.20. The average Bonchev–Trinajstić information content (AvgIpc) is 3.19. The number of hydrogen-bond donors (Lipinski definition) is 3. The molecule has 0 aliphatic rings. The van der Waals surface area contributed by atoms with E-state index in [-0.39, 0.29) is 0 Å². The number of ether oxygens (including phenoxy) is 1. The number of benzene rings is 1. The molecule has 0 bridgehead atoms. The summed E-state index contributed by atoms with van der Waals surface area (Å²) in [6.07, 6.45) is 1.99. The number of nitrogens with zero attached hydrogens (tertiary/aromatic N) is 1. The Morgan fingerprint density at radius 2 is 2.00 bits per heavy atom. The van der Waals surface area contributed by atoms with Gasteiger partial charge in [-0.05, 0) is 55.8 Å². The number of thiophene rings is 1. The lowest BCUT2D eigenvalue weighted by molar-refractivity contribution is 0.0711. The van der Waals surface area contributed by atoms with Gasteiger partial charge in [-0.25, -0.2) is 4.99 Å². The Balaban J connectivity index is 1.81. The van der Waals surface area contributed by atoms with E-state index in [9.17, 15) is 5.11 Å². The molecule has 5 nitrogen and oxygen atoms in total. The Hall–Kier alpha value is -2.05. The Kier molecular flexibility index (Phi) is 7.94. The standard InChI is InChI=1S/C20H29N3O2S/c1-4-21-19(23-15-20(2,24)18-8-6-14-26-18)22-13-5-7-16-9-11-17(25-3)12-10-16/h6,8-12,14,24H,4-5,7,13,15H2,1-3H3,(H2,21,22,23). The first kappa shape index (κ1) is 20.3. The summed E-state index contributed by atoms with van der Waals surface area (Å²) in [5, 5.41) is 19.1. The number of guanidine groups is 1. The first-order valence-electron chi connectivity index (χ1n) is 8.96. The zero-order valence-electron chi connectivity index (χ0n) is 15.8. The summed E-state index contributed by atoms with van der Waals surface area (Å²) in [4.78, 5) is 5.47. The van der Waals surface area contributed by atoms with Crippen LogP contribution in [0.1, 0.15) is 30.7 Å². The highest BCUT2D eigenvalue weighted by Gasteiger charge is 2.23. The van der Waals surface area contributed by atoms with Crippen molar-refractivity contribution in [3.05, 3.63) is 52.2 Å². The number of aliphatic hydroxyl groups is 1. The Morgan fingerprint density at radius 3 is 2.62 bits per heavy atom. The van der Waals surface area contributed by atoms with Crippen molar-refractivity contribution < 1.29 is 9.84 Å². The number of aliphatic imine (C=N–C) groups is 1. The van der Waals surface area contributed by atoms with Crippen LogP contribution in [0.3, 0.4) is 0 Å². The highest BCUT2D eigenvalue weighted by molar-refractivity contribution is 7.10. The fraction of sp³-hybridized carbons (Fsp3) is 0.450. The summed E-state index contributed by atoms with van der Waals surface area (Å²) in [5.74, 6) is 1.62. The van der Waals surface area contributed by atoms with Gasteiger partial charge in [0.25, 0.3) is 0 Å². The van der Waals surface area contributed by atoms with Gasteiger partial charge in [-0.3, -0.25) is 0 Å². The van der Waals surface area contributed by atoms with Crippen molar-refractivity contribution >= 4 is 17.3 Å². The van der Waals surface area contributed by atoms with Gasteiger partial charge < -0.3 is 20.5 Å². The van der Waals surface area contributed by atoms with E-state index in [2.05, 4.69) is 27.8 Å². The summed E-state index contributed by atoms with van der Waals surface area (Å²) < 4.78 is 5.18. The molecule has 0 saturated carbocycles. The Bertz CT molecular complexity index is 667. The minimum Gasteiger partial charge on any atom is -0.497 e. The predicted octanol–water partition coefficient (Wildman–Crippen LogP) is 3.15. The first-order valence-corrected chi connectivity index (χ1v) is 9.84. The molecule has 0 fully saturated rings. The van der Waals surface area contributed by atoms with Gasteiger partial charge >= 0.3 is 0 Å². The van der Waals surface area contributed by atoms with Crippen LogP contribution in [0.15, 0.2) is 46.8 Å². The maximum atomic E-state index is 10.6. The molecular weight excluding hydrogens is 346 g/mol. The molecule has 0 aliphatic heterocycles. The summed E-state index contributed by atoms with van der Waals surface area (Å²) in [6, 6.07) is 12.0. The maximum absolute atomic E-state index is 10.6. The highest BCUT2D eigenvalue weighted by Crippen LogP contribution is 2.25. The fourth-order valence-electron chi connectivity index (χ4n) is 2.53. The predicted molar refractivity (Wildman–Crippen MR) is 109 cm³/mol. The van der Waals surface area contributed by atoms with E-state index in [1.165, 1.54) is 5.56 Å². The number of aryl methyl sites for hydroxylation is 1. The van der Waals surface area contributed by atoms with E-state index in [1.807, 2.05) is 36.6 Å². The van der Waals surface area contributed by atoms with Gasteiger partial charge in [0.1, 0.15) is 11.4 Å². The molecular formula is C20H29N3O2S. The van der Waals surface area contributed by atoms with Gasteiger partial charge in [0.2, 0.25) is 0 Å². The van der Waals surface area contributed by atoms with Gasteiger partial charge in [0.15, 0.2) is 5.96 Å². The fourth-order valence-corrected chi connectivity index (χ4v) is 3.31. The molecule has 0 radical (unpaired) electrons. The maximum Gasteiger partial charge on any atom is 0.191 e. The van der Waals surface area contributed by atoms with Crippen molar-refractivity contribution in [1.29, 1.82) is 0 Å².